The summed E-state index contributed by atoms with van der Waals surface area (Å²) >= 11 is 1.58. The van der Waals surface area contributed by atoms with E-state index in [1.807, 2.05) is 11.4 Å². The van der Waals surface area contributed by atoms with E-state index < -0.39 is 10.0 Å². The molecular weight excluding hydrogens is 372 g/mol. The van der Waals surface area contributed by atoms with Crippen LogP contribution in [-0.2, 0) is 10.0 Å². The van der Waals surface area contributed by atoms with Crippen LogP contribution in [0.2, 0.25) is 0 Å². The van der Waals surface area contributed by atoms with E-state index in [-0.39, 0.29) is 4.90 Å². The molecule has 0 N–H and O–H groups in total. The normalized spacial score (nSPS) is 16.1. The molecule has 7 nitrogen and oxygen atoms in total. The van der Waals surface area contributed by atoms with Crippen LogP contribution in [0, 0.1) is 0 Å². The van der Waals surface area contributed by atoms with Gasteiger partial charge in [-0.05, 0) is 35.7 Å². The summed E-state index contributed by atoms with van der Waals surface area (Å²) in [6.07, 6.45) is 1.56. The monoisotopic (exact) mass is 390 g/mol. The van der Waals surface area contributed by atoms with Gasteiger partial charge >= 0.3 is 0 Å². The molecule has 0 spiro atoms. The number of fused-ring (bicyclic) bond motifs is 1. The molecule has 1 aromatic carbocycles. The van der Waals surface area contributed by atoms with Crippen molar-refractivity contribution >= 4 is 37.4 Å². The van der Waals surface area contributed by atoms with Crippen molar-refractivity contribution in [1.82, 2.24) is 14.3 Å². The molecule has 0 saturated carbocycles. The topological polar surface area (TPSA) is 75.6 Å². The molecule has 0 unspecified atom stereocenters. The zero-order valence-electron chi connectivity index (χ0n) is 14.2. The van der Waals surface area contributed by atoms with E-state index >= 15 is 0 Å². The van der Waals surface area contributed by atoms with Crippen molar-refractivity contribution in [2.75, 3.05) is 38.2 Å². The van der Waals surface area contributed by atoms with Crippen molar-refractivity contribution < 1.29 is 13.2 Å². The first-order valence-electron chi connectivity index (χ1n) is 8.17. The molecule has 4 rings (SSSR count). The highest BCUT2D eigenvalue weighted by Crippen LogP contribution is 2.28. The Bertz CT molecular complexity index is 1010. The highest BCUT2D eigenvalue weighted by atomic mass is 32.2. The molecule has 1 saturated heterocycles. The number of benzene rings is 1. The first-order valence-corrected chi connectivity index (χ1v) is 10.5. The van der Waals surface area contributed by atoms with Crippen LogP contribution in [0.1, 0.15) is 0 Å². The number of rotatable bonds is 4. The lowest BCUT2D eigenvalue weighted by Crippen LogP contribution is -2.49. The molecule has 136 valence electrons. The van der Waals surface area contributed by atoms with Crippen molar-refractivity contribution in [2.24, 2.45) is 0 Å². The molecule has 1 aliphatic rings. The predicted molar refractivity (Wildman–Crippen MR) is 101 cm³/mol. The molecule has 0 atom stereocenters. The third kappa shape index (κ3) is 3.02. The van der Waals surface area contributed by atoms with Crippen molar-refractivity contribution in [1.29, 1.82) is 0 Å². The fraction of sp³-hybridized carbons (Fsp3) is 0.294. The Morgan fingerprint density at radius 3 is 2.46 bits per heavy atom. The molecule has 1 aliphatic heterocycles. The minimum Gasteiger partial charge on any atom is -0.497 e. The largest absolute Gasteiger partial charge is 0.497 e. The number of thiophene rings is 1. The number of aromatic nitrogens is 2. The van der Waals surface area contributed by atoms with Crippen LogP contribution < -0.4 is 9.64 Å². The van der Waals surface area contributed by atoms with Crippen molar-refractivity contribution in [3.05, 3.63) is 42.0 Å². The summed E-state index contributed by atoms with van der Waals surface area (Å²) in [5.74, 6) is 1.51. The van der Waals surface area contributed by atoms with E-state index in [2.05, 4.69) is 14.9 Å². The van der Waals surface area contributed by atoms with Gasteiger partial charge in [-0.1, -0.05) is 0 Å². The highest BCUT2D eigenvalue weighted by Gasteiger charge is 2.29. The molecule has 3 heterocycles. The summed E-state index contributed by atoms with van der Waals surface area (Å²) in [5.41, 5.74) is 0. The lowest BCUT2D eigenvalue weighted by Gasteiger charge is -2.34. The van der Waals surface area contributed by atoms with Gasteiger partial charge in [-0.2, -0.15) is 4.31 Å². The maximum absolute atomic E-state index is 12.8. The van der Waals surface area contributed by atoms with Crippen LogP contribution in [0.5, 0.6) is 5.75 Å². The first kappa shape index (κ1) is 17.2. The zero-order chi connectivity index (χ0) is 18.1. The van der Waals surface area contributed by atoms with E-state index in [0.29, 0.717) is 31.9 Å². The third-order valence-electron chi connectivity index (χ3n) is 4.48. The van der Waals surface area contributed by atoms with E-state index in [9.17, 15) is 8.42 Å². The van der Waals surface area contributed by atoms with Gasteiger partial charge in [0.05, 0.1) is 17.4 Å². The van der Waals surface area contributed by atoms with Crippen LogP contribution in [0.25, 0.3) is 10.2 Å². The molecule has 2 aromatic heterocycles. The molecule has 26 heavy (non-hydrogen) atoms. The van der Waals surface area contributed by atoms with Gasteiger partial charge in [0.25, 0.3) is 0 Å². The van der Waals surface area contributed by atoms with Gasteiger partial charge < -0.3 is 9.64 Å². The quantitative estimate of drug-likeness (QED) is 0.680. The number of nitrogens with zero attached hydrogens (tertiary/aromatic N) is 4. The molecule has 0 amide bonds. The average Bonchev–Trinajstić information content (AvgIpc) is 3.17. The number of piperazine rings is 1. The number of hydrogen-bond donors (Lipinski definition) is 0. The Morgan fingerprint density at radius 2 is 1.77 bits per heavy atom. The Morgan fingerprint density at radius 1 is 1.04 bits per heavy atom. The van der Waals surface area contributed by atoms with Crippen LogP contribution in [0.4, 0.5) is 5.82 Å². The standard InChI is InChI=1S/C17H18N4O3S2/c1-24-13-2-4-14(5-3-13)26(22,23)21-9-7-20(8-10-21)16-15-6-11-25-17(15)19-12-18-16/h2-6,11-12H,7-10H2,1H3. The van der Waals surface area contributed by atoms with Gasteiger partial charge in [-0.25, -0.2) is 18.4 Å². The van der Waals surface area contributed by atoms with Gasteiger partial charge in [0.15, 0.2) is 0 Å². The predicted octanol–water partition coefficient (Wildman–Crippen LogP) is 2.21. The number of methoxy groups -OCH3 is 1. The smallest absolute Gasteiger partial charge is 0.243 e. The number of ether oxygens (including phenoxy) is 1. The van der Waals surface area contributed by atoms with E-state index in [4.69, 9.17) is 4.74 Å². The second kappa shape index (κ2) is 6.82. The van der Waals surface area contributed by atoms with E-state index in [1.165, 1.54) is 4.31 Å². The van der Waals surface area contributed by atoms with Gasteiger partial charge in [-0.3, -0.25) is 0 Å². The zero-order valence-corrected chi connectivity index (χ0v) is 15.8. The Kier molecular flexibility index (Phi) is 4.51. The SMILES string of the molecule is COc1ccc(S(=O)(=O)N2CCN(c3ncnc4sccc34)CC2)cc1. The summed E-state index contributed by atoms with van der Waals surface area (Å²) in [7, 11) is -1.95. The number of anilines is 1. The van der Waals surface area contributed by atoms with Crippen LogP contribution in [-0.4, -0.2) is 56.0 Å². The fourth-order valence-electron chi connectivity index (χ4n) is 3.07. The number of sulfonamides is 1. The van der Waals surface area contributed by atoms with Crippen LogP contribution >= 0.6 is 11.3 Å². The number of hydrogen-bond acceptors (Lipinski definition) is 7. The van der Waals surface area contributed by atoms with Crippen molar-refractivity contribution in [2.45, 2.75) is 4.90 Å². The Labute approximate surface area is 155 Å². The molecular formula is C17H18N4O3S2. The molecule has 0 radical (unpaired) electrons. The van der Waals surface area contributed by atoms with Crippen molar-refractivity contribution in [3.63, 3.8) is 0 Å². The molecule has 3 aromatic rings. The first-order chi connectivity index (χ1) is 12.6. The minimum atomic E-state index is -3.50. The Balaban J connectivity index is 1.51. The average molecular weight is 390 g/mol. The molecule has 0 aliphatic carbocycles. The lowest BCUT2D eigenvalue weighted by molar-refractivity contribution is 0.384. The van der Waals surface area contributed by atoms with Crippen LogP contribution in [0.15, 0.2) is 46.9 Å². The van der Waals surface area contributed by atoms with Gasteiger partial charge in [0.2, 0.25) is 10.0 Å². The second-order valence-electron chi connectivity index (χ2n) is 5.90. The van der Waals surface area contributed by atoms with Crippen LogP contribution in [0.3, 0.4) is 0 Å². The van der Waals surface area contributed by atoms with Gasteiger partial charge in [-0.15, -0.1) is 11.3 Å². The fourth-order valence-corrected chi connectivity index (χ4v) is 5.22. The summed E-state index contributed by atoms with van der Waals surface area (Å²) in [6, 6.07) is 8.50. The Hall–Kier alpha value is -2.23. The third-order valence-corrected chi connectivity index (χ3v) is 7.21. The second-order valence-corrected chi connectivity index (χ2v) is 8.74. The summed E-state index contributed by atoms with van der Waals surface area (Å²) in [6.45, 7) is 2.03. The minimum absolute atomic E-state index is 0.286. The summed E-state index contributed by atoms with van der Waals surface area (Å²) < 4.78 is 32.3. The van der Waals surface area contributed by atoms with Crippen molar-refractivity contribution in [3.8, 4) is 5.75 Å². The summed E-state index contributed by atoms with van der Waals surface area (Å²) in [4.78, 5) is 12.0. The summed E-state index contributed by atoms with van der Waals surface area (Å²) in [5, 5.41) is 3.01. The molecule has 1 fully saturated rings. The lowest BCUT2D eigenvalue weighted by atomic mass is 10.3. The maximum atomic E-state index is 12.8. The van der Waals surface area contributed by atoms with E-state index in [1.54, 1.807) is 49.0 Å². The maximum Gasteiger partial charge on any atom is 0.243 e. The van der Waals surface area contributed by atoms with Gasteiger partial charge in [0, 0.05) is 26.2 Å². The molecule has 9 heteroatoms. The molecule has 0 bridgehead atoms. The highest BCUT2D eigenvalue weighted by molar-refractivity contribution is 7.89. The van der Waals surface area contributed by atoms with Gasteiger partial charge in [0.1, 0.15) is 22.7 Å². The van der Waals surface area contributed by atoms with E-state index in [0.717, 1.165) is 16.0 Å².